The van der Waals surface area contributed by atoms with E-state index in [1.165, 1.54) is 0 Å². The third-order valence-corrected chi connectivity index (χ3v) is 0. The molecule has 0 aliphatic heterocycles. The molecule has 0 aliphatic carbocycles. The van der Waals surface area contributed by atoms with Crippen LogP contribution in [0.3, 0.4) is 0 Å². The maximum atomic E-state index is 8.88. The molecule has 0 aromatic rings. The molecule has 0 fully saturated rings. The molecule has 0 spiro atoms. The first-order valence-corrected chi connectivity index (χ1v) is 4.44. The first-order valence-electron chi connectivity index (χ1n) is 1.48. The maximum absolute atomic E-state index is 8.88. The van der Waals surface area contributed by atoms with Crippen LogP contribution in [0.1, 0.15) is 0 Å². The summed E-state index contributed by atoms with van der Waals surface area (Å²) in [6, 6.07) is 0. The van der Waals surface area contributed by atoms with Crippen molar-refractivity contribution in [1.29, 1.82) is 0 Å². The van der Waals surface area contributed by atoms with Gasteiger partial charge in [0.2, 0.25) is 0 Å². The van der Waals surface area contributed by atoms with E-state index in [9.17, 15) is 0 Å². The van der Waals surface area contributed by atoms with Gasteiger partial charge in [0.05, 0.1) is 0 Å². The Morgan fingerprint density at radius 1 is 1.00 bits per heavy atom. The fourth-order valence-corrected chi connectivity index (χ4v) is 0. The van der Waals surface area contributed by atoms with E-state index in [0.29, 0.717) is 0 Å². The standard InChI is InChI=1S/Na.H3O4P.H2O4S.H/c;2*1-5(2,3)4;/h;(H3,1,2,3,4);(H2,1,2,3,4);. The Balaban J connectivity index is -0.000000107. The minimum atomic E-state index is -4.67. The van der Waals surface area contributed by atoms with Gasteiger partial charge in [0.25, 0.3) is 0 Å². The third kappa shape index (κ3) is 922. The fraction of sp³-hybridized carbons (Fsp3) is 0. The molecule has 5 N–H and O–H groups in total. The summed E-state index contributed by atoms with van der Waals surface area (Å²) in [5, 5.41) is 0. The van der Waals surface area contributed by atoms with E-state index < -0.39 is 18.2 Å². The average Bonchev–Trinajstić information content (AvgIpc) is 1.12. The number of phosphoric acid groups is 1. The van der Waals surface area contributed by atoms with Gasteiger partial charge in [-0.3, -0.25) is 9.11 Å². The monoisotopic (exact) mass is 220 g/mol. The summed E-state index contributed by atoms with van der Waals surface area (Å²) in [5.74, 6) is 0. The first kappa shape index (κ1) is 17.9. The van der Waals surface area contributed by atoms with Crippen molar-refractivity contribution in [3.8, 4) is 0 Å². The van der Waals surface area contributed by atoms with Crippen LogP contribution < -0.4 is 0 Å². The van der Waals surface area contributed by atoms with Gasteiger partial charge in [-0.05, 0) is 0 Å². The van der Waals surface area contributed by atoms with Crippen LogP contribution in [0.15, 0.2) is 0 Å². The summed E-state index contributed by atoms with van der Waals surface area (Å²) in [6.07, 6.45) is 0. The predicted molar refractivity (Wildman–Crippen MR) is 35.6 cm³/mol. The first-order chi connectivity index (χ1) is 4.00. The molecule has 0 saturated carbocycles. The van der Waals surface area contributed by atoms with E-state index in [0.717, 1.165) is 0 Å². The average molecular weight is 220 g/mol. The van der Waals surface area contributed by atoms with E-state index >= 15 is 0 Å². The van der Waals surface area contributed by atoms with E-state index in [1.54, 1.807) is 0 Å². The Bertz CT molecular complexity index is 192. The van der Waals surface area contributed by atoms with Crippen molar-refractivity contribution in [3.63, 3.8) is 0 Å². The van der Waals surface area contributed by atoms with Crippen molar-refractivity contribution in [1.82, 2.24) is 0 Å². The molecule has 66 valence electrons. The number of hydrogen-bond acceptors (Lipinski definition) is 3. The summed E-state index contributed by atoms with van der Waals surface area (Å²) >= 11 is 0. The van der Waals surface area contributed by atoms with Crippen molar-refractivity contribution in [2.45, 2.75) is 0 Å². The van der Waals surface area contributed by atoms with Crippen LogP contribution in [-0.2, 0) is 15.0 Å². The van der Waals surface area contributed by atoms with Crippen molar-refractivity contribution in [2.75, 3.05) is 0 Å². The molecule has 0 heterocycles. The molecule has 11 heavy (non-hydrogen) atoms. The van der Waals surface area contributed by atoms with Crippen LogP contribution in [0.2, 0.25) is 0 Å². The summed E-state index contributed by atoms with van der Waals surface area (Å²) in [4.78, 5) is 21.6. The number of rotatable bonds is 0. The van der Waals surface area contributed by atoms with Crippen LogP contribution >= 0.6 is 7.82 Å². The molecule has 0 bridgehead atoms. The molecule has 0 unspecified atom stereocenters. The molecular weight excluding hydrogens is 214 g/mol. The second kappa shape index (κ2) is 6.49. The Kier molecular flexibility index (Phi) is 10.6. The Morgan fingerprint density at radius 3 is 1.00 bits per heavy atom. The predicted octanol–water partition coefficient (Wildman–Crippen LogP) is -2.23. The van der Waals surface area contributed by atoms with E-state index in [4.69, 9.17) is 36.8 Å². The third-order valence-electron chi connectivity index (χ3n) is 0. The zero-order chi connectivity index (χ0) is 9.00. The summed E-state index contributed by atoms with van der Waals surface area (Å²) in [7, 11) is -9.31. The molecule has 8 nitrogen and oxygen atoms in total. The SMILES string of the molecule is O=P(O)(O)O.O=S(=O)(O)O.[NaH]. The number of hydrogen-bond donors (Lipinski definition) is 5. The van der Waals surface area contributed by atoms with Crippen molar-refractivity contribution in [3.05, 3.63) is 0 Å². The molecule has 0 aliphatic rings. The van der Waals surface area contributed by atoms with Crippen molar-refractivity contribution >= 4 is 47.8 Å². The summed E-state index contributed by atoms with van der Waals surface area (Å²) in [5.41, 5.74) is 0. The van der Waals surface area contributed by atoms with Gasteiger partial charge < -0.3 is 14.7 Å². The molecule has 0 amide bonds. The summed E-state index contributed by atoms with van der Waals surface area (Å²) in [6.45, 7) is 0. The van der Waals surface area contributed by atoms with E-state index in [2.05, 4.69) is 0 Å². The zero-order valence-corrected chi connectivity index (χ0v) is 6.03. The fourth-order valence-electron chi connectivity index (χ4n) is 0. The molecule has 0 rings (SSSR count). The van der Waals surface area contributed by atoms with Gasteiger partial charge in [-0.2, -0.15) is 8.42 Å². The van der Waals surface area contributed by atoms with Gasteiger partial charge in [-0.25, -0.2) is 4.57 Å². The second-order valence-corrected chi connectivity index (χ2v) is 2.88. The van der Waals surface area contributed by atoms with Crippen LogP contribution in [0.5, 0.6) is 0 Å². The summed E-state index contributed by atoms with van der Waals surface area (Å²) < 4.78 is 40.5. The molecule has 0 radical (unpaired) electrons. The quantitative estimate of drug-likeness (QED) is 0.174. The van der Waals surface area contributed by atoms with Crippen LogP contribution in [0, 0.1) is 0 Å². The van der Waals surface area contributed by atoms with Crippen LogP contribution in [0.25, 0.3) is 0 Å². The van der Waals surface area contributed by atoms with Gasteiger partial charge >= 0.3 is 47.8 Å². The molecule has 0 atom stereocenters. The normalized spacial score (nSPS) is 10.6. The molecule has 0 aromatic carbocycles. The topological polar surface area (TPSA) is 152 Å². The van der Waals surface area contributed by atoms with E-state index in [1.807, 2.05) is 0 Å². The van der Waals surface area contributed by atoms with Crippen LogP contribution in [0.4, 0.5) is 0 Å². The Hall–Kier alpha value is 0.980. The molecular formula is H6NaO8PS. The van der Waals surface area contributed by atoms with Gasteiger partial charge in [0, 0.05) is 0 Å². The van der Waals surface area contributed by atoms with Gasteiger partial charge in [-0.1, -0.05) is 0 Å². The Morgan fingerprint density at radius 2 is 1.00 bits per heavy atom. The molecule has 0 saturated heterocycles. The zero-order valence-electron chi connectivity index (χ0n) is 4.32. The van der Waals surface area contributed by atoms with Gasteiger partial charge in [0.1, 0.15) is 0 Å². The van der Waals surface area contributed by atoms with Gasteiger partial charge in [-0.15, -0.1) is 0 Å². The van der Waals surface area contributed by atoms with Crippen molar-refractivity contribution < 1.29 is 36.8 Å². The minimum absolute atomic E-state index is 0. The van der Waals surface area contributed by atoms with Crippen LogP contribution in [-0.4, -0.2) is 61.8 Å². The van der Waals surface area contributed by atoms with Gasteiger partial charge in [0.15, 0.2) is 0 Å². The molecule has 0 aromatic heterocycles. The van der Waals surface area contributed by atoms with E-state index in [-0.39, 0.29) is 29.6 Å². The van der Waals surface area contributed by atoms with Crippen molar-refractivity contribution in [2.24, 2.45) is 0 Å². The second-order valence-electron chi connectivity index (χ2n) is 0.961. The Labute approximate surface area is 84.4 Å². The molecule has 11 heteroatoms.